The minimum atomic E-state index is -1.18. The number of hydrogen-bond acceptors (Lipinski definition) is 9. The predicted octanol–water partition coefficient (Wildman–Crippen LogP) is -13.6. The molecule has 1 saturated heterocycles. The average Bonchev–Trinajstić information content (AvgIpc) is 2.43. The van der Waals surface area contributed by atoms with E-state index in [-0.39, 0.29) is 81.7 Å². The first-order chi connectivity index (χ1) is 9.51. The Labute approximate surface area is 177 Å². The Morgan fingerprint density at radius 3 is 1.29 bits per heavy atom. The summed E-state index contributed by atoms with van der Waals surface area (Å²) >= 11 is 0. The van der Waals surface area contributed by atoms with Gasteiger partial charge in [-0.1, -0.05) is 6.54 Å². The van der Waals surface area contributed by atoms with E-state index in [0.717, 1.165) is 0 Å². The summed E-state index contributed by atoms with van der Waals surface area (Å²) in [5.74, 6) is -2.35. The minimum absolute atomic E-state index is 0. The van der Waals surface area contributed by atoms with Crippen LogP contribution in [-0.4, -0.2) is 97.3 Å². The Hall–Kier alpha value is 0.242. The van der Waals surface area contributed by atoms with Crippen molar-refractivity contribution in [2.75, 3.05) is 58.9 Å². The van der Waals surface area contributed by atoms with Gasteiger partial charge in [-0.05, 0) is 0 Å². The largest absolute Gasteiger partial charge is 1.00 e. The molecule has 0 bridgehead atoms. The number of nitrogens with zero attached hydrogens (tertiary/aromatic N) is 3. The summed E-state index contributed by atoms with van der Waals surface area (Å²) in [6, 6.07) is 0. The molecule has 0 aliphatic carbocycles. The van der Waals surface area contributed by atoms with E-state index in [9.17, 15) is 24.6 Å². The Kier molecular flexibility index (Phi) is 24.0. The maximum absolute atomic E-state index is 10.7. The van der Waals surface area contributed by atoms with Crippen LogP contribution in [0.25, 0.3) is 0 Å². The normalized spacial score (nSPS) is 16.5. The number of carboxylic acid groups (broad SMARTS) is 2. The van der Waals surface area contributed by atoms with Crippen LogP contribution in [0.1, 0.15) is 0 Å². The summed E-state index contributed by atoms with van der Waals surface area (Å²) in [5.41, 5.74) is 0. The SMILES string of the molecule is O=[C-]CN1CCN(CC(=O)[O-])CCN(CC(=O)[O-])CC1.[Li+].[Li+].[Li+].[OH-]. The molecule has 1 rings (SSSR count). The molecular formula is C12H19Li3N3O6-. The van der Waals surface area contributed by atoms with Gasteiger partial charge in [0, 0.05) is 52.4 Å². The Bertz CT molecular complexity index is 337. The first-order valence-corrected chi connectivity index (χ1v) is 6.43. The van der Waals surface area contributed by atoms with Crippen molar-refractivity contribution in [3.8, 4) is 0 Å². The molecule has 0 aromatic rings. The van der Waals surface area contributed by atoms with Crippen LogP contribution in [0.5, 0.6) is 0 Å². The molecule has 0 unspecified atom stereocenters. The summed E-state index contributed by atoms with van der Waals surface area (Å²) in [6.07, 6.45) is 1.80. The predicted molar refractivity (Wildman–Crippen MR) is 67.0 cm³/mol. The maximum Gasteiger partial charge on any atom is 1.00 e. The van der Waals surface area contributed by atoms with Gasteiger partial charge in [0.2, 0.25) is 0 Å². The molecule has 0 spiro atoms. The van der Waals surface area contributed by atoms with E-state index in [2.05, 4.69) is 0 Å². The quantitative estimate of drug-likeness (QED) is 0.345. The topological polar surface area (TPSA) is 137 Å². The Morgan fingerprint density at radius 2 is 1.04 bits per heavy atom. The third-order valence-corrected chi connectivity index (χ3v) is 3.19. The standard InChI is InChI=1S/C12H20N3O5.3Li.H2O/c16-8-7-13-1-3-14(9-11(17)18)5-6-15(4-2-13)10-12(19)20;;;;/h1-7,9-10H2,(H,17,18)(H,19,20);;;;1H2/q-1;3*+1;/p-3. The fourth-order valence-electron chi connectivity index (χ4n) is 2.11. The molecule has 0 atom stereocenters. The third kappa shape index (κ3) is 14.6. The second-order valence-corrected chi connectivity index (χ2v) is 4.72. The van der Waals surface area contributed by atoms with Gasteiger partial charge in [-0.2, -0.15) is 0 Å². The first-order valence-electron chi connectivity index (χ1n) is 6.43. The van der Waals surface area contributed by atoms with E-state index in [1.807, 2.05) is 4.90 Å². The molecule has 12 heteroatoms. The smallest absolute Gasteiger partial charge is 0.870 e. The van der Waals surface area contributed by atoms with Crippen molar-refractivity contribution in [1.82, 2.24) is 14.7 Å². The zero-order valence-electron chi connectivity index (χ0n) is 14.7. The number of aliphatic carboxylic acids is 2. The van der Waals surface area contributed by atoms with Crippen molar-refractivity contribution < 1.29 is 86.7 Å². The van der Waals surface area contributed by atoms with Crippen LogP contribution >= 0.6 is 0 Å². The number of hydrogen-bond donors (Lipinski definition) is 0. The summed E-state index contributed by atoms with van der Waals surface area (Å²) in [5, 5.41) is 21.3. The minimum Gasteiger partial charge on any atom is -0.870 e. The summed E-state index contributed by atoms with van der Waals surface area (Å²) in [7, 11) is 0. The Morgan fingerprint density at radius 1 is 0.750 bits per heavy atom. The third-order valence-electron chi connectivity index (χ3n) is 3.19. The molecule has 9 nitrogen and oxygen atoms in total. The fraction of sp³-hybridized carbons (Fsp3) is 0.750. The van der Waals surface area contributed by atoms with Gasteiger partial charge in [0.25, 0.3) is 0 Å². The zero-order chi connectivity index (χ0) is 15.0. The molecule has 0 saturated carbocycles. The van der Waals surface area contributed by atoms with Crippen molar-refractivity contribution in [2.24, 2.45) is 0 Å². The van der Waals surface area contributed by atoms with Crippen molar-refractivity contribution in [2.45, 2.75) is 0 Å². The molecule has 0 aromatic heterocycles. The van der Waals surface area contributed by atoms with Crippen molar-refractivity contribution in [1.29, 1.82) is 0 Å². The number of carbonyl (C=O) groups is 2. The van der Waals surface area contributed by atoms with Gasteiger partial charge in [0.15, 0.2) is 0 Å². The number of rotatable bonds is 6. The summed E-state index contributed by atoms with van der Waals surface area (Å²) in [4.78, 5) is 37.0. The Balaban J connectivity index is -0.000000500. The van der Waals surface area contributed by atoms with Crippen molar-refractivity contribution in [3.63, 3.8) is 0 Å². The second-order valence-electron chi connectivity index (χ2n) is 4.72. The van der Waals surface area contributed by atoms with Gasteiger partial charge < -0.3 is 35.0 Å². The van der Waals surface area contributed by atoms with E-state index in [1.54, 1.807) is 16.1 Å². The molecule has 0 amide bonds. The molecule has 1 heterocycles. The molecule has 1 N–H and O–H groups in total. The number of carbonyl (C=O) groups excluding carboxylic acids is 3. The van der Waals surface area contributed by atoms with Crippen LogP contribution in [0.2, 0.25) is 0 Å². The molecule has 24 heavy (non-hydrogen) atoms. The van der Waals surface area contributed by atoms with E-state index >= 15 is 0 Å². The molecular weight excluding hydrogens is 303 g/mol. The van der Waals surface area contributed by atoms with Crippen molar-refractivity contribution in [3.05, 3.63) is 0 Å². The van der Waals surface area contributed by atoms with E-state index in [1.165, 1.54) is 0 Å². The van der Waals surface area contributed by atoms with Gasteiger partial charge >= 0.3 is 56.6 Å². The fourth-order valence-corrected chi connectivity index (χ4v) is 2.11. The van der Waals surface area contributed by atoms with Gasteiger partial charge in [-0.3, -0.25) is 9.80 Å². The molecule has 1 fully saturated rings. The van der Waals surface area contributed by atoms with Gasteiger partial charge in [-0.25, -0.2) is 6.29 Å². The van der Waals surface area contributed by atoms with E-state index in [4.69, 9.17) is 0 Å². The van der Waals surface area contributed by atoms with Gasteiger partial charge in [-0.15, -0.1) is 0 Å². The summed E-state index contributed by atoms with van der Waals surface area (Å²) < 4.78 is 0. The zero-order valence-corrected chi connectivity index (χ0v) is 14.7. The second kappa shape index (κ2) is 18.0. The molecule has 1 aliphatic heterocycles. The first kappa shape index (κ1) is 32.0. The van der Waals surface area contributed by atoms with Crippen LogP contribution in [0.3, 0.4) is 0 Å². The maximum atomic E-state index is 10.7. The average molecular weight is 322 g/mol. The van der Waals surface area contributed by atoms with Crippen LogP contribution in [0, 0.1) is 0 Å². The van der Waals surface area contributed by atoms with Gasteiger partial charge in [0.05, 0.1) is 11.9 Å². The molecule has 0 radical (unpaired) electrons. The monoisotopic (exact) mass is 322 g/mol. The van der Waals surface area contributed by atoms with E-state index < -0.39 is 11.9 Å². The van der Waals surface area contributed by atoms with Gasteiger partial charge in [0.1, 0.15) is 0 Å². The summed E-state index contributed by atoms with van der Waals surface area (Å²) in [6.45, 7) is 2.58. The van der Waals surface area contributed by atoms with Crippen molar-refractivity contribution >= 4 is 18.2 Å². The molecule has 0 aromatic carbocycles. The molecule has 1 aliphatic rings. The van der Waals surface area contributed by atoms with E-state index in [0.29, 0.717) is 39.3 Å². The molecule has 122 valence electrons. The van der Waals surface area contributed by atoms with Crippen LogP contribution in [0.15, 0.2) is 0 Å². The number of carboxylic acids is 2. The van der Waals surface area contributed by atoms with Crippen LogP contribution < -0.4 is 66.8 Å². The van der Waals surface area contributed by atoms with Crippen LogP contribution in [-0.2, 0) is 14.4 Å². The van der Waals surface area contributed by atoms with Crippen LogP contribution in [0.4, 0.5) is 0 Å².